The van der Waals surface area contributed by atoms with E-state index in [0.29, 0.717) is 35.0 Å². The number of imidazole rings is 1. The molecule has 0 saturated carbocycles. The van der Waals surface area contributed by atoms with Crippen molar-refractivity contribution in [2.45, 2.75) is 52.3 Å². The van der Waals surface area contributed by atoms with Crippen LogP contribution in [0, 0.1) is 5.82 Å². The molecular formula is C20H27FN6O2. The number of fused-ring (bicyclic) bond motifs is 1. The van der Waals surface area contributed by atoms with Crippen molar-refractivity contribution in [2.24, 2.45) is 0 Å². The minimum atomic E-state index is -0.551. The van der Waals surface area contributed by atoms with Gasteiger partial charge in [-0.05, 0) is 31.5 Å². The predicted octanol–water partition coefficient (Wildman–Crippen LogP) is 3.27. The number of hydrogen-bond acceptors (Lipinski definition) is 7. The van der Waals surface area contributed by atoms with Crippen LogP contribution in [-0.4, -0.2) is 42.4 Å². The van der Waals surface area contributed by atoms with E-state index in [-0.39, 0.29) is 12.3 Å². The Bertz CT molecular complexity index is 960. The van der Waals surface area contributed by atoms with Crippen molar-refractivity contribution in [1.82, 2.24) is 19.5 Å². The highest BCUT2D eigenvalue weighted by Crippen LogP contribution is 2.24. The Morgan fingerprint density at radius 2 is 2.03 bits per heavy atom. The monoisotopic (exact) mass is 402 g/mol. The van der Waals surface area contributed by atoms with Crippen molar-refractivity contribution in [1.29, 1.82) is 0 Å². The van der Waals surface area contributed by atoms with E-state index < -0.39 is 11.9 Å². The number of aromatic hydroxyl groups is 1. The Kier molecular flexibility index (Phi) is 6.82. The summed E-state index contributed by atoms with van der Waals surface area (Å²) in [6.45, 7) is 5.09. The number of hydrogen-bond donors (Lipinski definition) is 4. The van der Waals surface area contributed by atoms with E-state index in [9.17, 15) is 14.6 Å². The van der Waals surface area contributed by atoms with Crippen LogP contribution in [0.25, 0.3) is 11.2 Å². The van der Waals surface area contributed by atoms with Gasteiger partial charge < -0.3 is 25.4 Å². The molecule has 2 aromatic heterocycles. The molecule has 1 unspecified atom stereocenters. The van der Waals surface area contributed by atoms with Gasteiger partial charge >= 0.3 is 0 Å². The quantitative estimate of drug-likeness (QED) is 0.386. The van der Waals surface area contributed by atoms with Crippen LogP contribution >= 0.6 is 0 Å². The van der Waals surface area contributed by atoms with Gasteiger partial charge in [0.05, 0.1) is 12.4 Å². The van der Waals surface area contributed by atoms with Gasteiger partial charge in [-0.25, -0.2) is 9.37 Å². The van der Waals surface area contributed by atoms with Gasteiger partial charge in [-0.2, -0.15) is 9.97 Å². The average Bonchev–Trinajstić information content (AvgIpc) is 3.10. The fraction of sp³-hybridized carbons (Fsp3) is 0.450. The van der Waals surface area contributed by atoms with Gasteiger partial charge in [-0.15, -0.1) is 0 Å². The number of unbranched alkanes of at least 4 members (excludes halogenated alkanes) is 2. The Balaban J connectivity index is 1.89. The second-order valence-electron chi connectivity index (χ2n) is 7.07. The third kappa shape index (κ3) is 5.32. The van der Waals surface area contributed by atoms with E-state index >= 15 is 0 Å². The maximum atomic E-state index is 13.5. The van der Waals surface area contributed by atoms with Crippen LogP contribution in [0.4, 0.5) is 16.2 Å². The highest BCUT2D eigenvalue weighted by molar-refractivity contribution is 5.84. The Morgan fingerprint density at radius 1 is 1.21 bits per heavy atom. The summed E-state index contributed by atoms with van der Waals surface area (Å²) in [6, 6.07) is 3.80. The Hall–Kier alpha value is -2.94. The number of aryl methyl sites for hydroxylation is 1. The summed E-state index contributed by atoms with van der Waals surface area (Å²) in [5, 5.41) is 25.6. The summed E-state index contributed by atoms with van der Waals surface area (Å²) >= 11 is 0. The number of nitrogens with zero attached hydrogens (tertiary/aromatic N) is 4. The molecule has 0 bridgehead atoms. The van der Waals surface area contributed by atoms with Gasteiger partial charge in [-0.3, -0.25) is 0 Å². The first kappa shape index (κ1) is 20.8. The van der Waals surface area contributed by atoms with Gasteiger partial charge in [0.1, 0.15) is 11.6 Å². The summed E-state index contributed by atoms with van der Waals surface area (Å²) < 4.78 is 15.5. The summed E-state index contributed by atoms with van der Waals surface area (Å²) in [5.41, 5.74) is 1.69. The molecule has 1 atom stereocenters. The number of rotatable bonds is 10. The van der Waals surface area contributed by atoms with Crippen LogP contribution in [0.3, 0.4) is 0 Å². The molecule has 0 fully saturated rings. The molecule has 0 spiro atoms. The van der Waals surface area contributed by atoms with Gasteiger partial charge in [0.15, 0.2) is 17.0 Å². The SMILES string of the molecule is CCCCCn1cnc2c(NCc3cc(F)ccc3O)nc(NCC(C)O)nc21. The van der Waals surface area contributed by atoms with E-state index in [0.717, 1.165) is 25.8 Å². The maximum absolute atomic E-state index is 13.5. The molecule has 0 aliphatic rings. The Morgan fingerprint density at radius 3 is 2.79 bits per heavy atom. The zero-order chi connectivity index (χ0) is 20.8. The molecule has 156 valence electrons. The molecule has 0 amide bonds. The molecule has 29 heavy (non-hydrogen) atoms. The maximum Gasteiger partial charge on any atom is 0.226 e. The third-order valence-corrected chi connectivity index (χ3v) is 4.51. The summed E-state index contributed by atoms with van der Waals surface area (Å²) in [6.07, 6.45) is 4.43. The molecule has 2 heterocycles. The molecule has 0 radical (unpaired) electrons. The number of halogens is 1. The van der Waals surface area contributed by atoms with Crippen LogP contribution < -0.4 is 10.6 Å². The number of aromatic nitrogens is 4. The van der Waals surface area contributed by atoms with Crippen LogP contribution in [-0.2, 0) is 13.1 Å². The highest BCUT2D eigenvalue weighted by Gasteiger charge is 2.14. The molecule has 4 N–H and O–H groups in total. The molecule has 9 heteroatoms. The summed E-state index contributed by atoms with van der Waals surface area (Å²) in [4.78, 5) is 13.5. The largest absolute Gasteiger partial charge is 0.508 e. The van der Waals surface area contributed by atoms with Gasteiger partial charge in [0.25, 0.3) is 0 Å². The second kappa shape index (κ2) is 9.51. The molecule has 1 aromatic carbocycles. The van der Waals surface area contributed by atoms with Gasteiger partial charge in [0, 0.05) is 25.2 Å². The molecular weight excluding hydrogens is 375 g/mol. The third-order valence-electron chi connectivity index (χ3n) is 4.51. The van der Waals surface area contributed by atoms with E-state index in [1.54, 1.807) is 13.3 Å². The number of anilines is 2. The fourth-order valence-electron chi connectivity index (χ4n) is 2.96. The first-order valence-corrected chi connectivity index (χ1v) is 9.84. The number of phenols is 1. The molecule has 3 aromatic rings. The molecule has 3 rings (SSSR count). The van der Waals surface area contributed by atoms with Crippen LogP contribution in [0.1, 0.15) is 38.7 Å². The highest BCUT2D eigenvalue weighted by atomic mass is 19.1. The fourth-order valence-corrected chi connectivity index (χ4v) is 2.96. The molecule has 0 aliphatic carbocycles. The summed E-state index contributed by atoms with van der Waals surface area (Å²) in [5.74, 6) is 0.413. The van der Waals surface area contributed by atoms with E-state index in [1.807, 2.05) is 4.57 Å². The smallest absolute Gasteiger partial charge is 0.226 e. The number of aliphatic hydroxyl groups excluding tert-OH is 1. The van der Waals surface area contributed by atoms with Gasteiger partial charge in [0.2, 0.25) is 5.95 Å². The summed E-state index contributed by atoms with van der Waals surface area (Å²) in [7, 11) is 0. The van der Waals surface area contributed by atoms with E-state index in [2.05, 4.69) is 32.5 Å². The number of nitrogens with one attached hydrogen (secondary N) is 2. The zero-order valence-corrected chi connectivity index (χ0v) is 16.7. The minimum Gasteiger partial charge on any atom is -0.508 e. The lowest BCUT2D eigenvalue weighted by atomic mass is 10.2. The Labute approximate surface area is 168 Å². The van der Waals surface area contributed by atoms with Crippen molar-refractivity contribution < 1.29 is 14.6 Å². The average molecular weight is 402 g/mol. The van der Waals surface area contributed by atoms with E-state index in [4.69, 9.17) is 0 Å². The van der Waals surface area contributed by atoms with E-state index in [1.165, 1.54) is 18.2 Å². The standard InChI is InChI=1S/C20H27FN6O2/c1-3-4-5-8-27-12-24-17-18(22-11-14-9-15(21)6-7-16(14)29)25-20(26-19(17)27)23-10-13(2)28/h6-7,9,12-13,28-29H,3-5,8,10-11H2,1-2H3,(H2,22,23,25,26). The van der Waals surface area contributed by atoms with Gasteiger partial charge in [-0.1, -0.05) is 19.8 Å². The lowest BCUT2D eigenvalue weighted by molar-refractivity contribution is 0.208. The lowest BCUT2D eigenvalue weighted by Crippen LogP contribution is -2.17. The predicted molar refractivity (Wildman–Crippen MR) is 110 cm³/mol. The minimum absolute atomic E-state index is 0.00162. The number of aliphatic hydroxyl groups is 1. The normalized spacial score (nSPS) is 12.3. The van der Waals surface area contributed by atoms with Crippen LogP contribution in [0.15, 0.2) is 24.5 Å². The molecule has 0 saturated heterocycles. The van der Waals surface area contributed by atoms with Crippen LogP contribution in [0.2, 0.25) is 0 Å². The first-order valence-electron chi connectivity index (χ1n) is 9.84. The van der Waals surface area contributed by atoms with Crippen molar-refractivity contribution in [3.05, 3.63) is 35.9 Å². The van der Waals surface area contributed by atoms with Crippen molar-refractivity contribution in [3.63, 3.8) is 0 Å². The van der Waals surface area contributed by atoms with Crippen molar-refractivity contribution in [3.8, 4) is 5.75 Å². The second-order valence-corrected chi connectivity index (χ2v) is 7.07. The molecule has 0 aliphatic heterocycles. The zero-order valence-electron chi connectivity index (χ0n) is 16.7. The van der Waals surface area contributed by atoms with Crippen molar-refractivity contribution >= 4 is 22.9 Å². The first-order chi connectivity index (χ1) is 14.0. The number of benzene rings is 1. The topological polar surface area (TPSA) is 108 Å². The lowest BCUT2D eigenvalue weighted by Gasteiger charge is -2.12. The van der Waals surface area contributed by atoms with Crippen molar-refractivity contribution in [2.75, 3.05) is 17.2 Å². The van der Waals surface area contributed by atoms with Crippen LogP contribution in [0.5, 0.6) is 5.75 Å². The molecule has 8 nitrogen and oxygen atoms in total. The number of phenolic OH excluding ortho intramolecular Hbond substituents is 1.